The average molecular weight is 313 g/mol. The molecule has 0 aromatic heterocycles. The van der Waals surface area contributed by atoms with Crippen LogP contribution >= 0.6 is 0 Å². The van der Waals surface area contributed by atoms with Crippen molar-refractivity contribution in [1.82, 2.24) is 4.90 Å². The molecule has 0 aliphatic carbocycles. The Morgan fingerprint density at radius 2 is 1.65 bits per heavy atom. The minimum absolute atomic E-state index is 0.291. The highest BCUT2D eigenvalue weighted by atomic mass is 16.7. The summed E-state index contributed by atoms with van der Waals surface area (Å²) < 4.78 is 10.8. The normalized spacial score (nSPS) is 14.3. The van der Waals surface area contributed by atoms with Gasteiger partial charge < -0.3 is 14.6 Å². The third kappa shape index (κ3) is 4.24. The number of aliphatic hydroxyl groups excluding tert-OH is 1. The first-order chi connectivity index (χ1) is 11.1. The standard InChI is InChI=1S/C19H23NO3/c1-14-3-5-16(6-4-14)11-20(10-15(2)21)12-17-7-8-18-19(9-17)23-13-22-18/h3-9,15,21H,10-13H2,1-2H3/t15-/m1/s1. The lowest BCUT2D eigenvalue weighted by atomic mass is 10.1. The summed E-state index contributed by atoms with van der Waals surface area (Å²) in [4.78, 5) is 2.24. The van der Waals surface area contributed by atoms with Crippen molar-refractivity contribution < 1.29 is 14.6 Å². The van der Waals surface area contributed by atoms with E-state index in [4.69, 9.17) is 9.47 Å². The van der Waals surface area contributed by atoms with E-state index in [9.17, 15) is 5.11 Å². The van der Waals surface area contributed by atoms with Gasteiger partial charge in [0.2, 0.25) is 6.79 Å². The number of fused-ring (bicyclic) bond motifs is 1. The Morgan fingerprint density at radius 1 is 1.00 bits per heavy atom. The molecule has 0 amide bonds. The van der Waals surface area contributed by atoms with E-state index in [2.05, 4.69) is 42.2 Å². The molecule has 1 heterocycles. The lowest BCUT2D eigenvalue weighted by Gasteiger charge is -2.24. The summed E-state index contributed by atoms with van der Waals surface area (Å²) >= 11 is 0. The third-order valence-corrected chi connectivity index (χ3v) is 3.89. The Morgan fingerprint density at radius 3 is 2.39 bits per heavy atom. The SMILES string of the molecule is Cc1ccc(CN(Cc2ccc3c(c2)OCO3)C[C@@H](C)O)cc1. The van der Waals surface area contributed by atoms with Gasteiger partial charge in [-0.25, -0.2) is 0 Å². The lowest BCUT2D eigenvalue weighted by molar-refractivity contribution is 0.118. The molecule has 1 atom stereocenters. The Kier molecular flexibility index (Phi) is 4.84. The van der Waals surface area contributed by atoms with Gasteiger partial charge in [-0.3, -0.25) is 4.90 Å². The summed E-state index contributed by atoms with van der Waals surface area (Å²) in [5, 5.41) is 9.79. The summed E-state index contributed by atoms with van der Waals surface area (Å²) in [6.07, 6.45) is -0.366. The van der Waals surface area contributed by atoms with Crippen molar-refractivity contribution in [2.75, 3.05) is 13.3 Å². The van der Waals surface area contributed by atoms with E-state index in [-0.39, 0.29) is 6.10 Å². The first-order valence-corrected chi connectivity index (χ1v) is 7.94. The van der Waals surface area contributed by atoms with Crippen molar-refractivity contribution >= 4 is 0 Å². The molecule has 2 aromatic rings. The van der Waals surface area contributed by atoms with Crippen LogP contribution in [-0.2, 0) is 13.1 Å². The van der Waals surface area contributed by atoms with E-state index in [0.29, 0.717) is 13.3 Å². The second-order valence-corrected chi connectivity index (χ2v) is 6.19. The van der Waals surface area contributed by atoms with Crippen molar-refractivity contribution in [3.63, 3.8) is 0 Å². The molecule has 0 bridgehead atoms. The molecule has 0 radical (unpaired) electrons. The largest absolute Gasteiger partial charge is 0.454 e. The van der Waals surface area contributed by atoms with Crippen LogP contribution in [0, 0.1) is 6.92 Å². The Labute approximate surface area is 137 Å². The van der Waals surface area contributed by atoms with Gasteiger partial charge in [-0.05, 0) is 37.1 Å². The highest BCUT2D eigenvalue weighted by molar-refractivity contribution is 5.44. The van der Waals surface area contributed by atoms with Crippen molar-refractivity contribution in [1.29, 1.82) is 0 Å². The van der Waals surface area contributed by atoms with Gasteiger partial charge in [-0.2, -0.15) is 0 Å². The molecule has 1 aliphatic rings. The zero-order valence-corrected chi connectivity index (χ0v) is 13.7. The van der Waals surface area contributed by atoms with Crippen LogP contribution in [0.5, 0.6) is 11.5 Å². The summed E-state index contributed by atoms with van der Waals surface area (Å²) in [5.41, 5.74) is 3.66. The molecule has 1 N–H and O–H groups in total. The summed E-state index contributed by atoms with van der Waals surface area (Å²) in [7, 11) is 0. The highest BCUT2D eigenvalue weighted by Gasteiger charge is 2.15. The van der Waals surface area contributed by atoms with Gasteiger partial charge in [-0.1, -0.05) is 35.9 Å². The molecule has 23 heavy (non-hydrogen) atoms. The zero-order chi connectivity index (χ0) is 16.2. The van der Waals surface area contributed by atoms with Crippen LogP contribution in [0.15, 0.2) is 42.5 Å². The molecule has 4 heteroatoms. The minimum Gasteiger partial charge on any atom is -0.454 e. The fourth-order valence-corrected chi connectivity index (χ4v) is 2.81. The summed E-state index contributed by atoms with van der Waals surface area (Å²) in [6, 6.07) is 14.6. The van der Waals surface area contributed by atoms with Gasteiger partial charge in [0, 0.05) is 19.6 Å². The Hall–Kier alpha value is -2.04. The fourth-order valence-electron chi connectivity index (χ4n) is 2.81. The predicted molar refractivity (Wildman–Crippen MR) is 89.5 cm³/mol. The molecule has 2 aromatic carbocycles. The maximum atomic E-state index is 9.79. The average Bonchev–Trinajstić information content (AvgIpc) is 2.96. The van der Waals surface area contributed by atoms with Gasteiger partial charge >= 0.3 is 0 Å². The van der Waals surface area contributed by atoms with E-state index in [1.54, 1.807) is 0 Å². The number of benzene rings is 2. The number of rotatable bonds is 6. The van der Waals surface area contributed by atoms with E-state index in [1.807, 2.05) is 19.1 Å². The first-order valence-electron chi connectivity index (χ1n) is 7.94. The van der Waals surface area contributed by atoms with Gasteiger partial charge in [0.25, 0.3) is 0 Å². The molecular formula is C19H23NO3. The van der Waals surface area contributed by atoms with E-state index < -0.39 is 0 Å². The van der Waals surface area contributed by atoms with Crippen LogP contribution in [0.2, 0.25) is 0 Å². The Balaban J connectivity index is 1.72. The van der Waals surface area contributed by atoms with Crippen molar-refractivity contribution in [3.05, 3.63) is 59.2 Å². The molecule has 0 saturated carbocycles. The second-order valence-electron chi connectivity index (χ2n) is 6.19. The van der Waals surface area contributed by atoms with Crippen molar-refractivity contribution in [3.8, 4) is 11.5 Å². The number of ether oxygens (including phenoxy) is 2. The maximum absolute atomic E-state index is 9.79. The summed E-state index contributed by atoms with van der Waals surface area (Å²) in [5.74, 6) is 1.60. The quantitative estimate of drug-likeness (QED) is 0.890. The topological polar surface area (TPSA) is 41.9 Å². The van der Waals surface area contributed by atoms with Crippen molar-refractivity contribution in [2.45, 2.75) is 33.0 Å². The van der Waals surface area contributed by atoms with Crippen LogP contribution in [0.4, 0.5) is 0 Å². The molecule has 1 aliphatic heterocycles. The minimum atomic E-state index is -0.366. The van der Waals surface area contributed by atoms with Gasteiger partial charge in [0.1, 0.15) is 0 Å². The molecule has 0 spiro atoms. The molecule has 0 fully saturated rings. The van der Waals surface area contributed by atoms with Gasteiger partial charge in [0.05, 0.1) is 6.10 Å². The molecule has 4 nitrogen and oxygen atoms in total. The van der Waals surface area contributed by atoms with Crippen LogP contribution in [0.3, 0.4) is 0 Å². The van der Waals surface area contributed by atoms with Crippen LogP contribution in [0.25, 0.3) is 0 Å². The number of nitrogens with zero attached hydrogens (tertiary/aromatic N) is 1. The van der Waals surface area contributed by atoms with E-state index >= 15 is 0 Å². The number of hydrogen-bond donors (Lipinski definition) is 1. The first kappa shape index (κ1) is 15.8. The van der Waals surface area contributed by atoms with Crippen LogP contribution in [0.1, 0.15) is 23.6 Å². The summed E-state index contributed by atoms with van der Waals surface area (Å²) in [6.45, 7) is 6.39. The molecule has 0 unspecified atom stereocenters. The third-order valence-electron chi connectivity index (χ3n) is 3.89. The predicted octanol–water partition coefficient (Wildman–Crippen LogP) is 3.11. The van der Waals surface area contributed by atoms with Crippen LogP contribution < -0.4 is 9.47 Å². The zero-order valence-electron chi connectivity index (χ0n) is 13.7. The van der Waals surface area contributed by atoms with Crippen LogP contribution in [-0.4, -0.2) is 29.4 Å². The van der Waals surface area contributed by atoms with Gasteiger partial charge in [0.15, 0.2) is 11.5 Å². The fraction of sp³-hybridized carbons (Fsp3) is 0.368. The van der Waals surface area contributed by atoms with Gasteiger partial charge in [-0.15, -0.1) is 0 Å². The van der Waals surface area contributed by atoms with E-state index in [0.717, 1.165) is 30.2 Å². The van der Waals surface area contributed by atoms with Crippen molar-refractivity contribution in [2.24, 2.45) is 0 Å². The lowest BCUT2D eigenvalue weighted by Crippen LogP contribution is -2.30. The smallest absolute Gasteiger partial charge is 0.231 e. The van der Waals surface area contributed by atoms with E-state index in [1.165, 1.54) is 11.1 Å². The molecule has 0 saturated heterocycles. The molecule has 3 rings (SSSR count). The number of hydrogen-bond acceptors (Lipinski definition) is 4. The highest BCUT2D eigenvalue weighted by Crippen LogP contribution is 2.32. The number of aryl methyl sites for hydroxylation is 1. The number of aliphatic hydroxyl groups is 1. The molecule has 122 valence electrons. The maximum Gasteiger partial charge on any atom is 0.231 e. The Bertz CT molecular complexity index is 652. The molecular weight excluding hydrogens is 290 g/mol. The monoisotopic (exact) mass is 313 g/mol. The second kappa shape index (κ2) is 7.02.